The van der Waals surface area contributed by atoms with Crippen molar-refractivity contribution in [3.8, 4) is 0 Å². The molecule has 0 aromatic carbocycles. The minimum absolute atomic E-state index is 0.0451. The summed E-state index contributed by atoms with van der Waals surface area (Å²) in [6.45, 7) is 7.22. The van der Waals surface area contributed by atoms with E-state index in [0.29, 0.717) is 12.4 Å². The summed E-state index contributed by atoms with van der Waals surface area (Å²) in [5, 5.41) is 11.2. The van der Waals surface area contributed by atoms with Gasteiger partial charge in [-0.25, -0.2) is 0 Å². The van der Waals surface area contributed by atoms with Crippen LogP contribution in [0.4, 0.5) is 5.82 Å². The Morgan fingerprint density at radius 2 is 2.32 bits per heavy atom. The molecule has 0 aliphatic rings. The largest absolute Gasteiger partial charge is 0.309 e. The summed E-state index contributed by atoms with van der Waals surface area (Å²) in [5.41, 5.74) is 1.04. The number of carbonyl (C=O) groups excluding carboxylic acids is 1. The highest BCUT2D eigenvalue weighted by molar-refractivity contribution is 5.91. The van der Waals surface area contributed by atoms with Gasteiger partial charge in [0.1, 0.15) is 0 Å². The van der Waals surface area contributed by atoms with Crippen molar-refractivity contribution in [1.29, 1.82) is 0 Å². The summed E-state index contributed by atoms with van der Waals surface area (Å²) in [6.07, 6.45) is 3.55. The summed E-state index contributed by atoms with van der Waals surface area (Å²) in [4.78, 5) is 12.0. The molecule has 0 fully saturated rings. The molecule has 0 saturated carbocycles. The highest BCUT2D eigenvalue weighted by atomic mass is 16.2. The Morgan fingerprint density at radius 1 is 1.53 bits per heavy atom. The third kappa shape index (κ3) is 3.21. The molecule has 0 aliphatic heterocycles. The van der Waals surface area contributed by atoms with E-state index in [4.69, 9.17) is 0 Å². The van der Waals surface area contributed by atoms with E-state index in [0.717, 1.165) is 12.2 Å². The molecule has 6 heteroatoms. The van der Waals surface area contributed by atoms with E-state index in [-0.39, 0.29) is 11.8 Å². The van der Waals surface area contributed by atoms with Crippen LogP contribution in [0.1, 0.15) is 19.5 Å². The fourth-order valence-corrected chi connectivity index (χ4v) is 1.91. The molecule has 2 aromatic heterocycles. The number of hydrogen-bond donors (Lipinski definition) is 1. The molecule has 2 aromatic rings. The monoisotopic (exact) mass is 261 g/mol. The molecule has 102 valence electrons. The van der Waals surface area contributed by atoms with Crippen LogP contribution >= 0.6 is 0 Å². The van der Waals surface area contributed by atoms with Gasteiger partial charge in [0.05, 0.1) is 12.5 Å². The first-order chi connectivity index (χ1) is 9.10. The number of aromatic nitrogens is 4. The van der Waals surface area contributed by atoms with Gasteiger partial charge in [0.25, 0.3) is 0 Å². The number of aryl methyl sites for hydroxylation is 2. The molecule has 0 spiro atoms. The van der Waals surface area contributed by atoms with Crippen molar-refractivity contribution in [3.05, 3.63) is 30.2 Å². The molecule has 0 bridgehead atoms. The van der Waals surface area contributed by atoms with E-state index in [1.165, 1.54) is 0 Å². The first kappa shape index (κ1) is 13.3. The molecule has 1 unspecified atom stereocenters. The molecule has 19 heavy (non-hydrogen) atoms. The second kappa shape index (κ2) is 5.69. The van der Waals surface area contributed by atoms with Gasteiger partial charge in [0.15, 0.2) is 5.82 Å². The maximum atomic E-state index is 12.0. The number of nitrogens with one attached hydrogen (secondary N) is 1. The van der Waals surface area contributed by atoms with E-state index < -0.39 is 0 Å². The van der Waals surface area contributed by atoms with Crippen molar-refractivity contribution in [2.24, 2.45) is 5.92 Å². The number of hydrogen-bond acceptors (Lipinski definition) is 3. The summed E-state index contributed by atoms with van der Waals surface area (Å²) >= 11 is 0. The van der Waals surface area contributed by atoms with Crippen LogP contribution in [0.5, 0.6) is 0 Å². The van der Waals surface area contributed by atoms with Crippen molar-refractivity contribution < 1.29 is 4.79 Å². The van der Waals surface area contributed by atoms with Crippen LogP contribution in [0.2, 0.25) is 0 Å². The Balaban J connectivity index is 1.96. The van der Waals surface area contributed by atoms with Gasteiger partial charge in [0.2, 0.25) is 5.91 Å². The van der Waals surface area contributed by atoms with Gasteiger partial charge >= 0.3 is 0 Å². The first-order valence-electron chi connectivity index (χ1n) is 6.43. The standard InChI is InChI=1S/C13H19N5O/c1-4-18-11(3)8-12(16-18)15-13(19)10(2)9-17-7-5-6-14-17/h5-8,10H,4,9H2,1-3H3,(H,15,16,19). The summed E-state index contributed by atoms with van der Waals surface area (Å²) in [7, 11) is 0. The fourth-order valence-electron chi connectivity index (χ4n) is 1.91. The summed E-state index contributed by atoms with van der Waals surface area (Å²) in [6, 6.07) is 3.72. The molecule has 1 N–H and O–H groups in total. The molecule has 0 aliphatic carbocycles. The normalized spacial score (nSPS) is 12.4. The van der Waals surface area contributed by atoms with E-state index in [1.54, 1.807) is 10.9 Å². The number of anilines is 1. The van der Waals surface area contributed by atoms with Gasteiger partial charge in [-0.05, 0) is 19.9 Å². The zero-order valence-electron chi connectivity index (χ0n) is 11.5. The van der Waals surface area contributed by atoms with Crippen LogP contribution in [0.15, 0.2) is 24.5 Å². The lowest BCUT2D eigenvalue weighted by Crippen LogP contribution is -2.24. The topological polar surface area (TPSA) is 64.7 Å². The SMILES string of the molecule is CCn1nc(NC(=O)C(C)Cn2cccn2)cc1C. The molecule has 0 saturated heterocycles. The van der Waals surface area contributed by atoms with Crippen LogP contribution in [-0.4, -0.2) is 25.5 Å². The third-order valence-corrected chi connectivity index (χ3v) is 3.00. The van der Waals surface area contributed by atoms with E-state index >= 15 is 0 Å². The first-order valence-corrected chi connectivity index (χ1v) is 6.43. The zero-order chi connectivity index (χ0) is 13.8. The lowest BCUT2D eigenvalue weighted by Gasteiger charge is -2.10. The van der Waals surface area contributed by atoms with E-state index in [1.807, 2.05) is 43.8 Å². The number of carbonyl (C=O) groups is 1. The third-order valence-electron chi connectivity index (χ3n) is 3.00. The van der Waals surface area contributed by atoms with Crippen LogP contribution in [0.25, 0.3) is 0 Å². The quantitative estimate of drug-likeness (QED) is 0.890. The summed E-state index contributed by atoms with van der Waals surface area (Å²) < 4.78 is 3.61. The van der Waals surface area contributed by atoms with Crippen molar-refractivity contribution in [2.45, 2.75) is 33.9 Å². The molecular formula is C13H19N5O. The van der Waals surface area contributed by atoms with Gasteiger partial charge in [-0.15, -0.1) is 0 Å². The van der Waals surface area contributed by atoms with Crippen molar-refractivity contribution >= 4 is 11.7 Å². The molecule has 2 heterocycles. The molecule has 2 rings (SSSR count). The lowest BCUT2D eigenvalue weighted by molar-refractivity contribution is -0.119. The van der Waals surface area contributed by atoms with E-state index in [9.17, 15) is 4.79 Å². The number of amides is 1. The molecule has 1 amide bonds. The Bertz CT molecular complexity index is 543. The average molecular weight is 261 g/mol. The van der Waals surface area contributed by atoms with Crippen LogP contribution in [0, 0.1) is 12.8 Å². The minimum atomic E-state index is -0.160. The average Bonchev–Trinajstić information content (AvgIpc) is 2.98. The Labute approximate surface area is 112 Å². The fraction of sp³-hybridized carbons (Fsp3) is 0.462. The van der Waals surface area contributed by atoms with Gasteiger partial charge in [-0.1, -0.05) is 6.92 Å². The predicted molar refractivity (Wildman–Crippen MR) is 72.7 cm³/mol. The van der Waals surface area contributed by atoms with Gasteiger partial charge in [0, 0.05) is 30.7 Å². The minimum Gasteiger partial charge on any atom is -0.309 e. The zero-order valence-corrected chi connectivity index (χ0v) is 11.5. The number of rotatable bonds is 5. The van der Waals surface area contributed by atoms with Crippen molar-refractivity contribution in [1.82, 2.24) is 19.6 Å². The Kier molecular flexibility index (Phi) is 3.99. The molecular weight excluding hydrogens is 242 g/mol. The molecule has 6 nitrogen and oxygen atoms in total. The van der Waals surface area contributed by atoms with Gasteiger partial charge < -0.3 is 5.32 Å². The van der Waals surface area contributed by atoms with Gasteiger partial charge in [-0.2, -0.15) is 10.2 Å². The maximum Gasteiger partial charge on any atom is 0.230 e. The Morgan fingerprint density at radius 3 is 2.89 bits per heavy atom. The predicted octanol–water partition coefficient (Wildman–Crippen LogP) is 1.68. The molecule has 1 atom stereocenters. The maximum absolute atomic E-state index is 12.0. The second-order valence-corrected chi connectivity index (χ2v) is 4.61. The molecule has 0 radical (unpaired) electrons. The van der Waals surface area contributed by atoms with Crippen LogP contribution in [-0.2, 0) is 17.9 Å². The van der Waals surface area contributed by atoms with Crippen molar-refractivity contribution in [2.75, 3.05) is 5.32 Å². The lowest BCUT2D eigenvalue weighted by atomic mass is 10.1. The van der Waals surface area contributed by atoms with E-state index in [2.05, 4.69) is 15.5 Å². The van der Waals surface area contributed by atoms with Crippen molar-refractivity contribution in [3.63, 3.8) is 0 Å². The van der Waals surface area contributed by atoms with Crippen LogP contribution in [0.3, 0.4) is 0 Å². The highest BCUT2D eigenvalue weighted by Gasteiger charge is 2.15. The number of nitrogens with zero attached hydrogens (tertiary/aromatic N) is 4. The summed E-state index contributed by atoms with van der Waals surface area (Å²) in [5.74, 6) is 0.403. The second-order valence-electron chi connectivity index (χ2n) is 4.61. The van der Waals surface area contributed by atoms with Crippen LogP contribution < -0.4 is 5.32 Å². The van der Waals surface area contributed by atoms with Gasteiger partial charge in [-0.3, -0.25) is 14.2 Å². The smallest absolute Gasteiger partial charge is 0.230 e. The Hall–Kier alpha value is -2.11. The highest BCUT2D eigenvalue weighted by Crippen LogP contribution is 2.10.